The first-order valence-corrected chi connectivity index (χ1v) is 6.10. The summed E-state index contributed by atoms with van der Waals surface area (Å²) in [4.78, 5) is 11.8. The third-order valence-corrected chi connectivity index (χ3v) is 2.80. The average Bonchev–Trinajstić information content (AvgIpc) is 2.30. The first-order valence-electron chi connectivity index (χ1n) is 6.10. The van der Waals surface area contributed by atoms with Gasteiger partial charge in [-0.2, -0.15) is 0 Å². The van der Waals surface area contributed by atoms with Gasteiger partial charge in [0.25, 0.3) is 0 Å². The van der Waals surface area contributed by atoms with Crippen LogP contribution >= 0.6 is 0 Å². The molecule has 1 unspecified atom stereocenters. The van der Waals surface area contributed by atoms with E-state index in [1.54, 1.807) is 0 Å². The quantitative estimate of drug-likeness (QED) is 0.822. The number of carbonyl (C=O) groups is 1. The fourth-order valence-electron chi connectivity index (χ4n) is 1.62. The normalized spacial score (nSPS) is 12.5. The molecule has 3 nitrogen and oxygen atoms in total. The predicted octanol–water partition coefficient (Wildman–Crippen LogP) is 2.60. The maximum Gasteiger partial charge on any atom is 0.228 e. The van der Waals surface area contributed by atoms with E-state index in [-0.39, 0.29) is 11.8 Å². The van der Waals surface area contributed by atoms with Crippen LogP contribution in [0, 0.1) is 5.92 Å². The number of rotatable bonds is 5. The first-order chi connectivity index (χ1) is 8.04. The van der Waals surface area contributed by atoms with Crippen molar-refractivity contribution in [3.05, 3.63) is 29.8 Å². The number of hydrogen-bond acceptors (Lipinski definition) is 2. The van der Waals surface area contributed by atoms with Gasteiger partial charge in [-0.25, -0.2) is 0 Å². The van der Waals surface area contributed by atoms with Gasteiger partial charge in [-0.05, 0) is 30.7 Å². The standard InChI is InChI=1S/C14H22N2O/c1-10(2)12-5-7-13(8-6-12)16-14(17)11(3)9-15-4/h5-8,10-11,15H,9H2,1-4H3,(H,16,17). The predicted molar refractivity (Wildman–Crippen MR) is 72.3 cm³/mol. The van der Waals surface area contributed by atoms with E-state index in [0.29, 0.717) is 12.5 Å². The molecule has 2 N–H and O–H groups in total. The molecule has 0 aliphatic rings. The summed E-state index contributed by atoms with van der Waals surface area (Å²) in [7, 11) is 1.85. The highest BCUT2D eigenvalue weighted by Crippen LogP contribution is 2.17. The van der Waals surface area contributed by atoms with Crippen molar-refractivity contribution in [1.82, 2.24) is 5.32 Å². The molecule has 0 spiro atoms. The minimum absolute atomic E-state index is 0.0234. The summed E-state index contributed by atoms with van der Waals surface area (Å²) in [6.07, 6.45) is 0. The lowest BCUT2D eigenvalue weighted by molar-refractivity contribution is -0.119. The zero-order chi connectivity index (χ0) is 12.8. The van der Waals surface area contributed by atoms with Gasteiger partial charge in [-0.3, -0.25) is 4.79 Å². The van der Waals surface area contributed by atoms with Crippen molar-refractivity contribution in [3.63, 3.8) is 0 Å². The summed E-state index contributed by atoms with van der Waals surface area (Å²) in [6, 6.07) is 8.03. The number of carbonyl (C=O) groups excluding carboxylic acids is 1. The van der Waals surface area contributed by atoms with Gasteiger partial charge in [0.1, 0.15) is 0 Å². The van der Waals surface area contributed by atoms with E-state index in [1.807, 2.05) is 26.1 Å². The van der Waals surface area contributed by atoms with E-state index in [4.69, 9.17) is 0 Å². The second kappa shape index (κ2) is 6.40. The summed E-state index contributed by atoms with van der Waals surface area (Å²) in [5.74, 6) is 0.546. The molecule has 94 valence electrons. The van der Waals surface area contributed by atoms with Crippen molar-refractivity contribution in [3.8, 4) is 0 Å². The average molecular weight is 234 g/mol. The zero-order valence-electron chi connectivity index (χ0n) is 11.1. The van der Waals surface area contributed by atoms with Crippen molar-refractivity contribution in [1.29, 1.82) is 0 Å². The Hall–Kier alpha value is -1.35. The van der Waals surface area contributed by atoms with Crippen molar-refractivity contribution in [2.75, 3.05) is 18.9 Å². The van der Waals surface area contributed by atoms with Crippen molar-refractivity contribution in [2.45, 2.75) is 26.7 Å². The molecule has 0 fully saturated rings. The Labute approximate surface area is 104 Å². The SMILES string of the molecule is CNCC(C)C(=O)Nc1ccc(C(C)C)cc1. The molecule has 0 saturated heterocycles. The molecular weight excluding hydrogens is 212 g/mol. The minimum Gasteiger partial charge on any atom is -0.326 e. The maximum atomic E-state index is 11.8. The molecule has 0 saturated carbocycles. The molecule has 0 bridgehead atoms. The molecule has 0 aliphatic carbocycles. The third-order valence-electron chi connectivity index (χ3n) is 2.80. The monoisotopic (exact) mass is 234 g/mol. The molecular formula is C14H22N2O. The number of anilines is 1. The van der Waals surface area contributed by atoms with Crippen LogP contribution in [-0.2, 0) is 4.79 Å². The zero-order valence-corrected chi connectivity index (χ0v) is 11.1. The van der Waals surface area contributed by atoms with Crippen LogP contribution in [0.25, 0.3) is 0 Å². The van der Waals surface area contributed by atoms with Gasteiger partial charge in [0, 0.05) is 18.2 Å². The Kier molecular flexibility index (Phi) is 5.16. The summed E-state index contributed by atoms with van der Waals surface area (Å²) < 4.78 is 0. The Morgan fingerprint density at radius 3 is 2.24 bits per heavy atom. The number of nitrogens with one attached hydrogen (secondary N) is 2. The van der Waals surface area contributed by atoms with Crippen LogP contribution in [0.3, 0.4) is 0 Å². The van der Waals surface area contributed by atoms with Gasteiger partial charge in [0.2, 0.25) is 5.91 Å². The lowest BCUT2D eigenvalue weighted by atomic mass is 10.0. The molecule has 17 heavy (non-hydrogen) atoms. The highest BCUT2D eigenvalue weighted by Gasteiger charge is 2.11. The molecule has 0 heterocycles. The van der Waals surface area contributed by atoms with Crippen molar-refractivity contribution >= 4 is 11.6 Å². The summed E-state index contributed by atoms with van der Waals surface area (Å²) in [5.41, 5.74) is 2.15. The molecule has 0 aromatic heterocycles. The van der Waals surface area contributed by atoms with Crippen LogP contribution in [0.5, 0.6) is 0 Å². The molecule has 0 radical (unpaired) electrons. The van der Waals surface area contributed by atoms with E-state index < -0.39 is 0 Å². The topological polar surface area (TPSA) is 41.1 Å². The molecule has 1 aromatic carbocycles. The van der Waals surface area contributed by atoms with Crippen LogP contribution < -0.4 is 10.6 Å². The van der Waals surface area contributed by atoms with Crippen molar-refractivity contribution < 1.29 is 4.79 Å². The highest BCUT2D eigenvalue weighted by atomic mass is 16.1. The highest BCUT2D eigenvalue weighted by molar-refractivity contribution is 5.92. The van der Waals surface area contributed by atoms with Gasteiger partial charge in [0.05, 0.1) is 0 Å². The molecule has 1 rings (SSSR count). The van der Waals surface area contributed by atoms with Gasteiger partial charge < -0.3 is 10.6 Å². The Balaban J connectivity index is 2.60. The van der Waals surface area contributed by atoms with Crippen LogP contribution in [0.1, 0.15) is 32.3 Å². The van der Waals surface area contributed by atoms with Crippen LogP contribution in [-0.4, -0.2) is 19.5 Å². The lowest BCUT2D eigenvalue weighted by Gasteiger charge is -2.12. The third kappa shape index (κ3) is 4.19. The Morgan fingerprint density at radius 2 is 1.76 bits per heavy atom. The van der Waals surface area contributed by atoms with E-state index in [0.717, 1.165) is 5.69 Å². The number of benzene rings is 1. The van der Waals surface area contributed by atoms with Crippen LogP contribution in [0.15, 0.2) is 24.3 Å². The van der Waals surface area contributed by atoms with E-state index >= 15 is 0 Å². The second-order valence-corrected chi connectivity index (χ2v) is 4.72. The molecule has 1 atom stereocenters. The van der Waals surface area contributed by atoms with Gasteiger partial charge in [0.15, 0.2) is 0 Å². The maximum absolute atomic E-state index is 11.8. The fraction of sp³-hybridized carbons (Fsp3) is 0.500. The molecule has 1 aromatic rings. The molecule has 3 heteroatoms. The number of hydrogen-bond donors (Lipinski definition) is 2. The summed E-state index contributed by atoms with van der Waals surface area (Å²) in [5, 5.41) is 5.91. The van der Waals surface area contributed by atoms with E-state index in [2.05, 4.69) is 36.6 Å². The van der Waals surface area contributed by atoms with Crippen LogP contribution in [0.2, 0.25) is 0 Å². The Bertz CT molecular complexity index is 357. The first kappa shape index (κ1) is 13.7. The van der Waals surface area contributed by atoms with Gasteiger partial charge in [-0.1, -0.05) is 32.9 Å². The molecule has 0 aliphatic heterocycles. The fourth-order valence-corrected chi connectivity index (χ4v) is 1.62. The van der Waals surface area contributed by atoms with Gasteiger partial charge in [-0.15, -0.1) is 0 Å². The second-order valence-electron chi connectivity index (χ2n) is 4.72. The van der Waals surface area contributed by atoms with Gasteiger partial charge >= 0.3 is 0 Å². The van der Waals surface area contributed by atoms with Crippen molar-refractivity contribution in [2.24, 2.45) is 5.92 Å². The number of amides is 1. The summed E-state index contributed by atoms with van der Waals surface area (Å²) >= 11 is 0. The van der Waals surface area contributed by atoms with E-state index in [1.165, 1.54) is 5.56 Å². The van der Waals surface area contributed by atoms with E-state index in [9.17, 15) is 4.79 Å². The lowest BCUT2D eigenvalue weighted by Crippen LogP contribution is -2.28. The largest absolute Gasteiger partial charge is 0.326 e. The smallest absolute Gasteiger partial charge is 0.228 e. The van der Waals surface area contributed by atoms with Crippen LogP contribution in [0.4, 0.5) is 5.69 Å². The summed E-state index contributed by atoms with van der Waals surface area (Å²) in [6.45, 7) is 6.91. The Morgan fingerprint density at radius 1 is 1.18 bits per heavy atom. The molecule has 1 amide bonds. The minimum atomic E-state index is -0.0234.